The zero-order valence-electron chi connectivity index (χ0n) is 18.1. The van der Waals surface area contributed by atoms with Crippen molar-refractivity contribution in [2.75, 3.05) is 46.3 Å². The van der Waals surface area contributed by atoms with E-state index in [2.05, 4.69) is 34.1 Å². The fourth-order valence-corrected chi connectivity index (χ4v) is 3.80. The number of piperazine rings is 1. The Kier molecular flexibility index (Phi) is 7.81. The molecule has 0 saturated carbocycles. The molecule has 164 valence electrons. The molecule has 8 heteroatoms. The number of carbonyl (C=O) groups is 1. The van der Waals surface area contributed by atoms with Crippen molar-refractivity contribution in [1.29, 1.82) is 0 Å². The van der Waals surface area contributed by atoms with E-state index < -0.39 is 5.69 Å². The Morgan fingerprint density at radius 1 is 1.07 bits per heavy atom. The molecule has 1 amide bonds. The van der Waals surface area contributed by atoms with Gasteiger partial charge in [0.05, 0.1) is 10.9 Å². The number of fused-ring (bicyclic) bond motifs is 1. The number of hydrogen-bond donors (Lipinski definition) is 2. The van der Waals surface area contributed by atoms with Gasteiger partial charge in [-0.15, -0.1) is 0 Å². The minimum Gasteiger partial charge on any atom is -0.352 e. The van der Waals surface area contributed by atoms with Gasteiger partial charge in [-0.3, -0.25) is 14.2 Å². The average molecular weight is 416 g/mol. The van der Waals surface area contributed by atoms with Crippen molar-refractivity contribution in [3.63, 3.8) is 0 Å². The first-order valence-electron chi connectivity index (χ1n) is 11.0. The average Bonchev–Trinajstić information content (AvgIpc) is 2.74. The molecule has 0 aliphatic carbocycles. The first kappa shape index (κ1) is 22.2. The summed E-state index contributed by atoms with van der Waals surface area (Å²) in [6, 6.07) is 4.86. The molecule has 0 radical (unpaired) electrons. The largest absolute Gasteiger partial charge is 0.352 e. The smallest absolute Gasteiger partial charge is 0.328 e. The van der Waals surface area contributed by atoms with Crippen molar-refractivity contribution in [2.45, 2.75) is 39.2 Å². The van der Waals surface area contributed by atoms with Gasteiger partial charge in [0.15, 0.2) is 0 Å². The summed E-state index contributed by atoms with van der Waals surface area (Å²) in [6.45, 7) is 8.36. The van der Waals surface area contributed by atoms with Gasteiger partial charge in [-0.25, -0.2) is 4.79 Å². The Morgan fingerprint density at radius 2 is 1.83 bits per heavy atom. The highest BCUT2D eigenvalue weighted by atomic mass is 16.2. The van der Waals surface area contributed by atoms with Gasteiger partial charge in [0.25, 0.3) is 11.5 Å². The topological polar surface area (TPSA) is 90.4 Å². The minimum absolute atomic E-state index is 0.191. The van der Waals surface area contributed by atoms with Crippen LogP contribution in [0.15, 0.2) is 27.8 Å². The molecule has 0 unspecified atom stereocenters. The van der Waals surface area contributed by atoms with Crippen molar-refractivity contribution in [3.05, 3.63) is 44.6 Å². The first-order chi connectivity index (χ1) is 14.5. The molecule has 0 bridgehead atoms. The van der Waals surface area contributed by atoms with Crippen LogP contribution in [0.5, 0.6) is 0 Å². The number of nitrogens with one attached hydrogen (secondary N) is 2. The van der Waals surface area contributed by atoms with Gasteiger partial charge in [-0.2, -0.15) is 0 Å². The summed E-state index contributed by atoms with van der Waals surface area (Å²) in [5.74, 6) is -0.191. The number of unbranched alkanes of at least 4 members (excludes halogenated alkanes) is 2. The van der Waals surface area contributed by atoms with Crippen LogP contribution in [0.25, 0.3) is 10.9 Å². The Labute approximate surface area is 176 Å². The van der Waals surface area contributed by atoms with Crippen LogP contribution >= 0.6 is 0 Å². The second-order valence-corrected chi connectivity index (χ2v) is 8.11. The molecule has 0 spiro atoms. The SMILES string of the molecule is CCCCCn1c(=O)[nH]c2cc(C(=O)NCCCN3CCN(C)CC3)ccc2c1=O. The number of aromatic nitrogens is 2. The molecule has 3 rings (SSSR count). The van der Waals surface area contributed by atoms with Crippen LogP contribution < -0.4 is 16.6 Å². The highest BCUT2D eigenvalue weighted by molar-refractivity contribution is 5.97. The third-order valence-corrected chi connectivity index (χ3v) is 5.76. The van der Waals surface area contributed by atoms with Crippen molar-refractivity contribution in [2.24, 2.45) is 0 Å². The standard InChI is InChI=1S/C22H33N5O3/c1-3-4-5-11-27-21(29)18-8-7-17(16-19(18)24-22(27)30)20(28)23-9-6-10-26-14-12-25(2)13-15-26/h7-8,16H,3-6,9-15H2,1-2H3,(H,23,28)(H,24,30). The fourth-order valence-electron chi connectivity index (χ4n) is 3.80. The van der Waals surface area contributed by atoms with Crippen molar-refractivity contribution in [3.8, 4) is 0 Å². The number of rotatable bonds is 9. The van der Waals surface area contributed by atoms with Crippen LogP contribution in [0.2, 0.25) is 0 Å². The zero-order chi connectivity index (χ0) is 21.5. The van der Waals surface area contributed by atoms with E-state index in [1.807, 2.05) is 0 Å². The van der Waals surface area contributed by atoms with Crippen LogP contribution in [-0.4, -0.2) is 71.6 Å². The van der Waals surface area contributed by atoms with Crippen LogP contribution in [0.4, 0.5) is 0 Å². The molecular formula is C22H33N5O3. The predicted octanol–water partition coefficient (Wildman–Crippen LogP) is 1.25. The summed E-state index contributed by atoms with van der Waals surface area (Å²) in [5, 5.41) is 3.36. The molecule has 8 nitrogen and oxygen atoms in total. The normalized spacial score (nSPS) is 15.5. The summed E-state index contributed by atoms with van der Waals surface area (Å²) in [6.07, 6.45) is 3.67. The van der Waals surface area contributed by atoms with E-state index in [0.29, 0.717) is 29.6 Å². The van der Waals surface area contributed by atoms with Gasteiger partial charge < -0.3 is 20.1 Å². The molecule has 2 N–H and O–H groups in total. The van der Waals surface area contributed by atoms with E-state index in [-0.39, 0.29) is 11.5 Å². The summed E-state index contributed by atoms with van der Waals surface area (Å²) in [4.78, 5) is 44.9. The van der Waals surface area contributed by atoms with E-state index in [4.69, 9.17) is 0 Å². The number of aromatic amines is 1. The molecule has 1 aromatic heterocycles. The van der Waals surface area contributed by atoms with Gasteiger partial charge in [0.2, 0.25) is 0 Å². The maximum atomic E-state index is 12.6. The number of carbonyl (C=O) groups excluding carboxylic acids is 1. The minimum atomic E-state index is -0.423. The molecule has 1 fully saturated rings. The number of nitrogens with zero attached hydrogens (tertiary/aromatic N) is 3. The third kappa shape index (κ3) is 5.58. The van der Waals surface area contributed by atoms with Gasteiger partial charge in [-0.1, -0.05) is 19.8 Å². The van der Waals surface area contributed by atoms with Crippen LogP contribution in [0.1, 0.15) is 43.0 Å². The number of likely N-dealkylation sites (N-methyl/N-ethyl adjacent to an activating group) is 1. The van der Waals surface area contributed by atoms with E-state index in [1.54, 1.807) is 18.2 Å². The lowest BCUT2D eigenvalue weighted by Gasteiger charge is -2.32. The van der Waals surface area contributed by atoms with Crippen molar-refractivity contribution < 1.29 is 4.79 Å². The van der Waals surface area contributed by atoms with Crippen LogP contribution in [-0.2, 0) is 6.54 Å². The lowest BCUT2D eigenvalue weighted by Crippen LogP contribution is -2.45. The van der Waals surface area contributed by atoms with E-state index in [0.717, 1.165) is 58.4 Å². The summed E-state index contributed by atoms with van der Waals surface area (Å²) in [5.41, 5.74) is 0.125. The molecule has 0 atom stereocenters. The second kappa shape index (κ2) is 10.5. The fraction of sp³-hybridized carbons (Fsp3) is 0.591. The molecule has 30 heavy (non-hydrogen) atoms. The van der Waals surface area contributed by atoms with E-state index >= 15 is 0 Å². The van der Waals surface area contributed by atoms with Gasteiger partial charge in [-0.05, 0) is 44.6 Å². The summed E-state index contributed by atoms with van der Waals surface area (Å²) in [7, 11) is 2.14. The Balaban J connectivity index is 1.59. The third-order valence-electron chi connectivity index (χ3n) is 5.76. The Hall–Kier alpha value is -2.45. The number of hydrogen-bond acceptors (Lipinski definition) is 5. The van der Waals surface area contributed by atoms with E-state index in [1.165, 1.54) is 4.57 Å². The van der Waals surface area contributed by atoms with Crippen molar-refractivity contribution >= 4 is 16.8 Å². The van der Waals surface area contributed by atoms with Gasteiger partial charge >= 0.3 is 5.69 Å². The molecular weight excluding hydrogens is 382 g/mol. The highest BCUT2D eigenvalue weighted by Crippen LogP contribution is 2.10. The highest BCUT2D eigenvalue weighted by Gasteiger charge is 2.14. The summed E-state index contributed by atoms with van der Waals surface area (Å²) < 4.78 is 1.25. The van der Waals surface area contributed by atoms with Crippen LogP contribution in [0.3, 0.4) is 0 Å². The number of benzene rings is 1. The lowest BCUT2D eigenvalue weighted by atomic mass is 10.1. The molecule has 1 aliphatic rings. The maximum absolute atomic E-state index is 12.6. The predicted molar refractivity (Wildman–Crippen MR) is 119 cm³/mol. The lowest BCUT2D eigenvalue weighted by molar-refractivity contribution is 0.0949. The summed E-state index contributed by atoms with van der Waals surface area (Å²) >= 11 is 0. The maximum Gasteiger partial charge on any atom is 0.328 e. The first-order valence-corrected chi connectivity index (χ1v) is 11.0. The molecule has 1 saturated heterocycles. The Bertz CT molecular complexity index is 973. The van der Waals surface area contributed by atoms with Gasteiger partial charge in [0.1, 0.15) is 0 Å². The Morgan fingerprint density at radius 3 is 2.57 bits per heavy atom. The van der Waals surface area contributed by atoms with Crippen molar-refractivity contribution in [1.82, 2.24) is 24.7 Å². The number of amides is 1. The molecule has 2 aromatic rings. The monoisotopic (exact) mass is 415 g/mol. The van der Waals surface area contributed by atoms with E-state index in [9.17, 15) is 14.4 Å². The molecule has 1 aromatic carbocycles. The van der Waals surface area contributed by atoms with Gasteiger partial charge in [0, 0.05) is 44.8 Å². The quantitative estimate of drug-likeness (QED) is 0.602. The number of H-pyrrole nitrogens is 1. The van der Waals surface area contributed by atoms with Crippen LogP contribution in [0, 0.1) is 0 Å². The second-order valence-electron chi connectivity index (χ2n) is 8.11. The molecule has 2 heterocycles. The zero-order valence-corrected chi connectivity index (χ0v) is 18.1. The molecule has 1 aliphatic heterocycles.